The maximum absolute atomic E-state index is 13.4. The first-order valence-corrected chi connectivity index (χ1v) is 16.5. The first-order valence-electron chi connectivity index (χ1n) is 14.8. The predicted octanol–water partition coefficient (Wildman–Crippen LogP) is 0.0389. The average molecular weight is 645 g/mol. The van der Waals surface area contributed by atoms with Crippen molar-refractivity contribution in [3.63, 3.8) is 0 Å². The summed E-state index contributed by atoms with van der Waals surface area (Å²) in [6, 6.07) is 12.1. The van der Waals surface area contributed by atoms with Crippen LogP contribution in [0.2, 0.25) is 0 Å². The molecular weight excluding hydrogens is 600 g/mol. The van der Waals surface area contributed by atoms with Gasteiger partial charge in [0.1, 0.15) is 17.8 Å². The van der Waals surface area contributed by atoms with E-state index < -0.39 is 59.1 Å². The molecule has 0 heterocycles. The third-order valence-electron chi connectivity index (χ3n) is 6.88. The van der Waals surface area contributed by atoms with Crippen LogP contribution in [0.5, 0.6) is 5.75 Å². The van der Waals surface area contributed by atoms with Crippen LogP contribution in [-0.2, 0) is 47.6 Å². The molecule has 7 N–H and O–H groups in total. The molecule has 0 spiro atoms. The van der Waals surface area contributed by atoms with E-state index in [1.54, 1.807) is 31.2 Å². The van der Waals surface area contributed by atoms with Crippen molar-refractivity contribution in [1.29, 1.82) is 0 Å². The minimum absolute atomic E-state index is 0.0365. The van der Waals surface area contributed by atoms with Crippen molar-refractivity contribution in [2.75, 3.05) is 25.1 Å². The lowest BCUT2D eigenvalue weighted by Gasteiger charge is -2.30. The molecular formula is C31H44N6O7S. The van der Waals surface area contributed by atoms with Crippen LogP contribution in [0.4, 0.5) is 0 Å². The summed E-state index contributed by atoms with van der Waals surface area (Å²) < 4.78 is 11.8. The largest absolute Gasteiger partial charge is 0.508 e. The smallest absolute Gasteiger partial charge is 0.261 e. The van der Waals surface area contributed by atoms with Gasteiger partial charge in [-0.1, -0.05) is 49.4 Å². The Morgan fingerprint density at radius 1 is 0.889 bits per heavy atom. The van der Waals surface area contributed by atoms with Gasteiger partial charge in [0.2, 0.25) is 23.6 Å². The van der Waals surface area contributed by atoms with Gasteiger partial charge in [-0.05, 0) is 49.4 Å². The molecule has 5 amide bonds. The van der Waals surface area contributed by atoms with E-state index >= 15 is 0 Å². The van der Waals surface area contributed by atoms with E-state index in [1.165, 1.54) is 23.3 Å². The summed E-state index contributed by atoms with van der Waals surface area (Å²) in [5.41, 5.74) is 12.3. The number of hydrazine groups is 1. The Morgan fingerprint density at radius 2 is 1.53 bits per heavy atom. The number of hydrogen-bond acceptors (Lipinski definition) is 8. The Kier molecular flexibility index (Phi) is 15.7. The highest BCUT2D eigenvalue weighted by molar-refractivity contribution is 7.84. The van der Waals surface area contributed by atoms with Gasteiger partial charge in [0, 0.05) is 42.2 Å². The molecule has 0 saturated carbocycles. The predicted molar refractivity (Wildman–Crippen MR) is 171 cm³/mol. The summed E-state index contributed by atoms with van der Waals surface area (Å²) in [7, 11) is -1.26. The Labute approximate surface area is 266 Å². The van der Waals surface area contributed by atoms with Gasteiger partial charge in [0.05, 0.1) is 12.6 Å². The third kappa shape index (κ3) is 13.1. The molecule has 14 heteroatoms. The average Bonchev–Trinajstić information content (AvgIpc) is 3.02. The minimum atomic E-state index is -1.26. The van der Waals surface area contributed by atoms with E-state index in [1.807, 2.05) is 25.1 Å². The number of amides is 5. The van der Waals surface area contributed by atoms with Gasteiger partial charge in [-0.2, -0.15) is 0 Å². The number of hydrogen-bond donors (Lipinski definition) is 6. The van der Waals surface area contributed by atoms with Crippen molar-refractivity contribution < 1.29 is 33.3 Å². The van der Waals surface area contributed by atoms with Crippen LogP contribution in [0.25, 0.3) is 0 Å². The number of nitrogens with zero attached hydrogens (tertiary/aromatic N) is 1. The summed E-state index contributed by atoms with van der Waals surface area (Å²) in [4.78, 5) is 65.8. The first kappa shape index (κ1) is 36.9. The van der Waals surface area contributed by atoms with Crippen LogP contribution in [0, 0.1) is 0 Å². The molecule has 2 aromatic rings. The summed E-state index contributed by atoms with van der Waals surface area (Å²) >= 11 is 0. The van der Waals surface area contributed by atoms with Crippen LogP contribution >= 0.6 is 0 Å². The molecule has 0 aliphatic heterocycles. The number of phenols is 1. The highest BCUT2D eigenvalue weighted by Crippen LogP contribution is 2.12. The number of nitrogens with two attached hydrogens (primary N) is 1. The highest BCUT2D eigenvalue weighted by Gasteiger charge is 2.31. The fourth-order valence-electron chi connectivity index (χ4n) is 4.45. The molecule has 246 valence electrons. The van der Waals surface area contributed by atoms with Crippen molar-refractivity contribution in [2.24, 2.45) is 5.73 Å². The summed E-state index contributed by atoms with van der Waals surface area (Å²) in [5, 5.41) is 14.6. The topological polar surface area (TPSA) is 200 Å². The zero-order valence-electron chi connectivity index (χ0n) is 25.9. The first-order chi connectivity index (χ1) is 21.4. The van der Waals surface area contributed by atoms with Crippen molar-refractivity contribution in [1.82, 2.24) is 26.4 Å². The number of carbonyl (C=O) groups excluding carboxylic acids is 5. The van der Waals surface area contributed by atoms with Gasteiger partial charge >= 0.3 is 0 Å². The fourth-order valence-corrected chi connectivity index (χ4v) is 5.02. The van der Waals surface area contributed by atoms with Crippen molar-refractivity contribution in [2.45, 2.75) is 64.1 Å². The van der Waals surface area contributed by atoms with E-state index in [9.17, 15) is 33.3 Å². The molecule has 0 aromatic heterocycles. The van der Waals surface area contributed by atoms with E-state index in [2.05, 4.69) is 21.5 Å². The molecule has 0 saturated heterocycles. The van der Waals surface area contributed by atoms with E-state index in [0.717, 1.165) is 5.56 Å². The maximum atomic E-state index is 13.4. The number of likely N-dealkylation sites (N-methyl/N-ethyl adjacent to an activating group) is 1. The number of nitrogens with one attached hydrogen (secondary N) is 4. The van der Waals surface area contributed by atoms with Crippen LogP contribution in [0.15, 0.2) is 54.6 Å². The second-order valence-electron chi connectivity index (χ2n) is 10.5. The molecule has 0 aliphatic carbocycles. The zero-order valence-corrected chi connectivity index (χ0v) is 26.7. The van der Waals surface area contributed by atoms with Crippen LogP contribution in [0.3, 0.4) is 0 Å². The van der Waals surface area contributed by atoms with Crippen molar-refractivity contribution in [3.8, 4) is 5.75 Å². The molecule has 13 nitrogen and oxygen atoms in total. The van der Waals surface area contributed by atoms with E-state index in [0.29, 0.717) is 12.0 Å². The molecule has 0 bridgehead atoms. The third-order valence-corrected chi connectivity index (χ3v) is 7.69. The van der Waals surface area contributed by atoms with Gasteiger partial charge in [-0.15, -0.1) is 0 Å². The highest BCUT2D eigenvalue weighted by atomic mass is 32.2. The van der Waals surface area contributed by atoms with Crippen LogP contribution < -0.4 is 27.2 Å². The van der Waals surface area contributed by atoms with Gasteiger partial charge in [0.15, 0.2) is 0 Å². The Hall–Kier alpha value is -4.30. The van der Waals surface area contributed by atoms with Gasteiger partial charge in [-0.25, -0.2) is 0 Å². The Balaban J connectivity index is 2.12. The van der Waals surface area contributed by atoms with Crippen molar-refractivity contribution in [3.05, 3.63) is 65.7 Å². The van der Waals surface area contributed by atoms with Gasteiger partial charge < -0.3 is 26.4 Å². The van der Waals surface area contributed by atoms with Crippen LogP contribution in [-0.4, -0.2) is 87.0 Å². The van der Waals surface area contributed by atoms with E-state index in [4.69, 9.17) is 5.73 Å². The van der Waals surface area contributed by atoms with Crippen LogP contribution in [0.1, 0.15) is 44.2 Å². The number of carbonyl (C=O) groups is 5. The molecule has 0 aliphatic rings. The maximum Gasteiger partial charge on any atom is 0.261 e. The van der Waals surface area contributed by atoms with Gasteiger partial charge in [-0.3, -0.25) is 39.0 Å². The molecule has 1 unspecified atom stereocenters. The van der Waals surface area contributed by atoms with Gasteiger partial charge in [0.25, 0.3) is 5.91 Å². The second kappa shape index (κ2) is 19.2. The number of aromatic hydroxyl groups is 1. The van der Waals surface area contributed by atoms with E-state index in [-0.39, 0.29) is 49.6 Å². The number of rotatable bonds is 17. The summed E-state index contributed by atoms with van der Waals surface area (Å²) in [6.07, 6.45) is 2.62. The Bertz CT molecular complexity index is 1310. The lowest BCUT2D eigenvalue weighted by molar-refractivity contribution is -0.141. The number of phenolic OH excluding ortho intramolecular Hbond substituents is 1. The van der Waals surface area contributed by atoms with Crippen molar-refractivity contribution >= 4 is 40.3 Å². The Morgan fingerprint density at radius 3 is 2.13 bits per heavy atom. The minimum Gasteiger partial charge on any atom is -0.508 e. The lowest BCUT2D eigenvalue weighted by atomic mass is 10.0. The molecule has 45 heavy (non-hydrogen) atoms. The molecule has 0 radical (unpaired) electrons. The summed E-state index contributed by atoms with van der Waals surface area (Å²) in [5.74, 6) is -2.62. The second-order valence-corrected chi connectivity index (χ2v) is 12.0. The quantitative estimate of drug-likeness (QED) is 0.130. The zero-order chi connectivity index (χ0) is 33.4. The standard InChI is InChI=1S/C31H44N6O7S/c1-4-9-27(39)35-36-31(43)26(19-21-10-7-6-8-11-21)37(5-2)28(40)20-33-30(42)25(16-17-45(3)44)34-29(41)24(32)18-22-12-14-23(38)15-13-22/h6-8,10-15,24-26,38H,4-5,9,16-20,32H2,1-3H3,(H,33,42)(H,34,41)(H,35,39)(H,36,43)/t24-,25+,26-,45?/m0/s1. The monoisotopic (exact) mass is 644 g/mol. The normalized spacial score (nSPS) is 13.4. The lowest BCUT2D eigenvalue weighted by Crippen LogP contribution is -2.57. The number of benzene rings is 2. The molecule has 4 atom stereocenters. The SMILES string of the molecule is CCCC(=O)NNC(=O)[C@H](Cc1ccccc1)N(CC)C(=O)CNC(=O)[C@@H](CCS(C)=O)NC(=O)[C@@H](N)Cc1ccc(O)cc1. The fraction of sp³-hybridized carbons (Fsp3) is 0.452. The molecule has 2 aromatic carbocycles. The summed E-state index contributed by atoms with van der Waals surface area (Å²) in [6.45, 7) is 3.17. The molecule has 2 rings (SSSR count). The molecule has 0 fully saturated rings.